The molecule has 0 aliphatic rings. The summed E-state index contributed by atoms with van der Waals surface area (Å²) in [4.78, 5) is 33.6. The first-order chi connectivity index (χ1) is 10.2. The molecule has 1 rings (SSSR count). The lowest BCUT2D eigenvalue weighted by atomic mass is 10.1. The summed E-state index contributed by atoms with van der Waals surface area (Å²) in [5.74, 6) is -1.18. The molecule has 0 bridgehead atoms. The van der Waals surface area contributed by atoms with Crippen LogP contribution in [0, 0.1) is 16.0 Å². The molecule has 7 nitrogen and oxygen atoms in total. The summed E-state index contributed by atoms with van der Waals surface area (Å²) < 4.78 is 4.80. The van der Waals surface area contributed by atoms with Crippen LogP contribution in [0.25, 0.3) is 0 Å². The van der Waals surface area contributed by atoms with Crippen LogP contribution in [0.1, 0.15) is 31.1 Å². The Balaban J connectivity index is 2.70. The third kappa shape index (κ3) is 5.00. The molecule has 0 spiro atoms. The van der Waals surface area contributed by atoms with E-state index in [4.69, 9.17) is 16.3 Å². The monoisotopic (exact) mass is 328 g/mol. The van der Waals surface area contributed by atoms with Gasteiger partial charge in [0.15, 0.2) is 6.61 Å². The zero-order chi connectivity index (χ0) is 16.9. The van der Waals surface area contributed by atoms with Gasteiger partial charge in [0, 0.05) is 17.1 Å². The van der Waals surface area contributed by atoms with Crippen molar-refractivity contribution in [2.75, 3.05) is 6.61 Å². The number of rotatable bonds is 6. The van der Waals surface area contributed by atoms with Crippen LogP contribution < -0.4 is 5.32 Å². The largest absolute Gasteiger partial charge is 0.452 e. The summed E-state index contributed by atoms with van der Waals surface area (Å²) in [5.41, 5.74) is -0.715. The third-order valence-corrected chi connectivity index (χ3v) is 3.33. The van der Waals surface area contributed by atoms with E-state index in [9.17, 15) is 19.7 Å². The molecular formula is C14H17ClN2O5. The van der Waals surface area contributed by atoms with Crippen molar-refractivity contribution in [2.45, 2.75) is 26.8 Å². The number of esters is 1. The van der Waals surface area contributed by atoms with Gasteiger partial charge in [-0.15, -0.1) is 0 Å². The Labute approximate surface area is 132 Å². The van der Waals surface area contributed by atoms with Crippen molar-refractivity contribution >= 4 is 29.2 Å². The molecule has 22 heavy (non-hydrogen) atoms. The summed E-state index contributed by atoms with van der Waals surface area (Å²) in [6, 6.07) is 3.51. The van der Waals surface area contributed by atoms with Gasteiger partial charge in [0.25, 0.3) is 11.6 Å². The molecule has 0 saturated heterocycles. The molecule has 0 fully saturated rings. The quantitative estimate of drug-likeness (QED) is 0.491. The number of nitro benzene ring substituents is 1. The lowest BCUT2D eigenvalue weighted by Gasteiger charge is -2.17. The molecule has 0 aliphatic heterocycles. The van der Waals surface area contributed by atoms with Crippen LogP contribution in [-0.2, 0) is 9.53 Å². The molecule has 120 valence electrons. The number of benzene rings is 1. The molecule has 0 aliphatic carbocycles. The van der Waals surface area contributed by atoms with Gasteiger partial charge in [0.1, 0.15) is 5.56 Å². The molecule has 1 aromatic rings. The highest BCUT2D eigenvalue weighted by atomic mass is 35.5. The van der Waals surface area contributed by atoms with E-state index in [0.717, 1.165) is 6.07 Å². The Morgan fingerprint density at radius 2 is 2.00 bits per heavy atom. The fourth-order valence-electron chi connectivity index (χ4n) is 1.50. The SMILES string of the molecule is CC(C)[C@H](C)NC(=O)COC(=O)c1ccc(Cl)cc1[N+](=O)[O-]. The van der Waals surface area contributed by atoms with Crippen LogP contribution in [0.3, 0.4) is 0 Å². The Morgan fingerprint density at radius 3 is 2.55 bits per heavy atom. The second-order valence-corrected chi connectivity index (χ2v) is 5.53. The Morgan fingerprint density at radius 1 is 1.36 bits per heavy atom. The fraction of sp³-hybridized carbons (Fsp3) is 0.429. The van der Waals surface area contributed by atoms with Crippen molar-refractivity contribution in [3.63, 3.8) is 0 Å². The highest BCUT2D eigenvalue weighted by Gasteiger charge is 2.22. The average molecular weight is 329 g/mol. The first kappa shape index (κ1) is 17.9. The van der Waals surface area contributed by atoms with Crippen molar-refractivity contribution in [1.82, 2.24) is 5.32 Å². The molecule has 0 unspecified atom stereocenters. The maximum Gasteiger partial charge on any atom is 0.345 e. The minimum Gasteiger partial charge on any atom is -0.452 e. The zero-order valence-electron chi connectivity index (χ0n) is 12.5. The molecule has 0 heterocycles. The van der Waals surface area contributed by atoms with Crippen LogP contribution in [0.2, 0.25) is 5.02 Å². The number of nitrogens with one attached hydrogen (secondary N) is 1. The van der Waals surface area contributed by atoms with Crippen molar-refractivity contribution in [3.05, 3.63) is 38.9 Å². The number of halogens is 1. The van der Waals surface area contributed by atoms with Gasteiger partial charge in [-0.1, -0.05) is 25.4 Å². The van der Waals surface area contributed by atoms with Crippen LogP contribution in [0.15, 0.2) is 18.2 Å². The van der Waals surface area contributed by atoms with Crippen LogP contribution in [0.4, 0.5) is 5.69 Å². The summed E-state index contributed by atoms with van der Waals surface area (Å²) in [5, 5.41) is 13.7. The Hall–Kier alpha value is -2.15. The van der Waals surface area contributed by atoms with Gasteiger partial charge < -0.3 is 10.1 Å². The van der Waals surface area contributed by atoms with Gasteiger partial charge >= 0.3 is 5.97 Å². The fourth-order valence-corrected chi connectivity index (χ4v) is 1.67. The second-order valence-electron chi connectivity index (χ2n) is 5.09. The van der Waals surface area contributed by atoms with E-state index in [-0.39, 0.29) is 22.5 Å². The van der Waals surface area contributed by atoms with E-state index < -0.39 is 29.1 Å². The van der Waals surface area contributed by atoms with Crippen molar-refractivity contribution in [2.24, 2.45) is 5.92 Å². The molecule has 0 saturated carbocycles. The van der Waals surface area contributed by atoms with Crippen molar-refractivity contribution in [1.29, 1.82) is 0 Å². The predicted octanol–water partition coefficient (Wildman–Crippen LogP) is 2.57. The van der Waals surface area contributed by atoms with Gasteiger partial charge in [0.05, 0.1) is 4.92 Å². The lowest BCUT2D eigenvalue weighted by Crippen LogP contribution is -2.38. The smallest absolute Gasteiger partial charge is 0.345 e. The van der Waals surface area contributed by atoms with E-state index in [1.54, 1.807) is 0 Å². The van der Waals surface area contributed by atoms with E-state index in [0.29, 0.717) is 0 Å². The second kappa shape index (κ2) is 7.74. The molecule has 1 N–H and O–H groups in total. The topological polar surface area (TPSA) is 98.5 Å². The summed E-state index contributed by atoms with van der Waals surface area (Å²) in [7, 11) is 0. The highest BCUT2D eigenvalue weighted by Crippen LogP contribution is 2.23. The minimum atomic E-state index is -0.948. The number of hydrogen-bond acceptors (Lipinski definition) is 5. The van der Waals surface area contributed by atoms with Crippen LogP contribution in [0.5, 0.6) is 0 Å². The number of carbonyl (C=O) groups is 2. The first-order valence-corrected chi connectivity index (χ1v) is 7.00. The molecule has 1 aromatic carbocycles. The van der Waals surface area contributed by atoms with Gasteiger partial charge in [0.2, 0.25) is 0 Å². The van der Waals surface area contributed by atoms with E-state index in [2.05, 4.69) is 5.32 Å². The summed E-state index contributed by atoms with van der Waals surface area (Å²) in [6.07, 6.45) is 0. The third-order valence-electron chi connectivity index (χ3n) is 3.10. The molecule has 1 amide bonds. The van der Waals surface area contributed by atoms with E-state index >= 15 is 0 Å². The number of carbonyl (C=O) groups excluding carboxylic acids is 2. The van der Waals surface area contributed by atoms with Crippen LogP contribution in [-0.4, -0.2) is 29.4 Å². The van der Waals surface area contributed by atoms with Gasteiger partial charge in [-0.25, -0.2) is 4.79 Å². The van der Waals surface area contributed by atoms with Crippen molar-refractivity contribution in [3.8, 4) is 0 Å². The number of amides is 1. The first-order valence-electron chi connectivity index (χ1n) is 6.62. The highest BCUT2D eigenvalue weighted by molar-refractivity contribution is 6.31. The maximum absolute atomic E-state index is 11.9. The number of nitro groups is 1. The average Bonchev–Trinajstić information content (AvgIpc) is 2.44. The Bertz CT molecular complexity index is 589. The molecule has 0 aromatic heterocycles. The van der Waals surface area contributed by atoms with Crippen molar-refractivity contribution < 1.29 is 19.2 Å². The number of nitrogens with zero attached hydrogens (tertiary/aromatic N) is 1. The maximum atomic E-state index is 11.9. The molecule has 8 heteroatoms. The zero-order valence-corrected chi connectivity index (χ0v) is 13.2. The number of ether oxygens (including phenoxy) is 1. The summed E-state index contributed by atoms with van der Waals surface area (Å²) >= 11 is 5.66. The number of hydrogen-bond donors (Lipinski definition) is 1. The van der Waals surface area contributed by atoms with E-state index in [1.807, 2.05) is 20.8 Å². The normalized spacial score (nSPS) is 11.9. The van der Waals surface area contributed by atoms with Gasteiger partial charge in [-0.2, -0.15) is 0 Å². The Kier molecular flexibility index (Phi) is 6.30. The molecule has 1 atom stereocenters. The summed E-state index contributed by atoms with van der Waals surface area (Å²) in [6.45, 7) is 5.20. The standard InChI is InChI=1S/C14H17ClN2O5/c1-8(2)9(3)16-13(18)7-22-14(19)11-5-4-10(15)6-12(11)17(20)21/h4-6,8-9H,7H2,1-3H3,(H,16,18)/t9-/m0/s1. The predicted molar refractivity (Wildman–Crippen MR) is 80.8 cm³/mol. The van der Waals surface area contributed by atoms with E-state index in [1.165, 1.54) is 12.1 Å². The lowest BCUT2D eigenvalue weighted by molar-refractivity contribution is -0.385. The van der Waals surface area contributed by atoms with Crippen LogP contribution >= 0.6 is 11.6 Å². The molecule has 0 radical (unpaired) electrons. The van der Waals surface area contributed by atoms with Gasteiger partial charge in [-0.05, 0) is 25.0 Å². The van der Waals surface area contributed by atoms with Gasteiger partial charge in [-0.3, -0.25) is 14.9 Å². The molecular weight excluding hydrogens is 312 g/mol. The minimum absolute atomic E-state index is 0.0731.